The van der Waals surface area contributed by atoms with Crippen LogP contribution < -0.4 is 17.0 Å². The Kier molecular flexibility index (Phi) is 11.4. The Morgan fingerprint density at radius 3 is 2.46 bits per heavy atom. The summed E-state index contributed by atoms with van der Waals surface area (Å²) in [6.45, 7) is -0.348. The van der Waals surface area contributed by atoms with Crippen LogP contribution in [-0.2, 0) is 31.6 Å². The molecule has 1 fully saturated rings. The van der Waals surface area contributed by atoms with Gasteiger partial charge in [-0.15, -0.1) is 0 Å². The van der Waals surface area contributed by atoms with Gasteiger partial charge in [0, 0.05) is 18.4 Å². The molecule has 1 saturated heterocycles. The van der Waals surface area contributed by atoms with Crippen molar-refractivity contribution in [2.24, 2.45) is 5.73 Å². The first-order valence-corrected chi connectivity index (χ1v) is 16.4. The topological polar surface area (TPSA) is 270 Å². The van der Waals surface area contributed by atoms with Gasteiger partial charge in [0.15, 0.2) is 0 Å². The number of nitrogens with zero attached hydrogens (tertiary/aromatic N) is 1. The number of phosphoric ester groups is 1. The summed E-state index contributed by atoms with van der Waals surface area (Å²) in [5.41, 5.74) is 3.97. The van der Waals surface area contributed by atoms with E-state index < -0.39 is 59.8 Å². The third kappa shape index (κ3) is 10.5. The molecule has 0 radical (unpaired) electrons. The molecule has 0 bridgehead atoms. The van der Waals surface area contributed by atoms with E-state index in [9.17, 15) is 33.3 Å². The molecule has 35 heavy (non-hydrogen) atoms. The molecule has 0 amide bonds. The number of aromatic amines is 1. The molecular formula is C13H24N3O14P3S2. The second-order valence-electron chi connectivity index (χ2n) is 6.88. The Bertz CT molecular complexity index is 1120. The summed E-state index contributed by atoms with van der Waals surface area (Å²) < 4.78 is 52.0. The van der Waals surface area contributed by atoms with Crippen LogP contribution in [0.1, 0.15) is 25.5 Å². The second kappa shape index (κ2) is 13.0. The van der Waals surface area contributed by atoms with Crippen molar-refractivity contribution in [1.82, 2.24) is 9.55 Å². The maximum Gasteiger partial charge on any atom is 0.490 e. The molecule has 1 aromatic rings. The van der Waals surface area contributed by atoms with E-state index in [1.807, 2.05) is 0 Å². The Labute approximate surface area is 205 Å². The number of aliphatic hydroxyl groups is 1. The standard InChI is InChI=1S/C13H24N3O14P3S2/c14-3-1-2-4-34-35-10-6-16(13(19)15-12(10)18)11-5-8(17)9(28-11)7-27-32(23,24)30-33(25,26)29-31(20,21)22/h6,8-9,11,17H,1-5,7,14H2,(H,23,24)(H,25,26)(H,15,18,19)(H2,20,21,22)/t8-,9+,11+/m0/s1. The number of ether oxygens (including phenoxy) is 1. The summed E-state index contributed by atoms with van der Waals surface area (Å²) >= 11 is 0. The fourth-order valence-electron chi connectivity index (χ4n) is 2.66. The Hall–Kier alpha value is -0.330. The summed E-state index contributed by atoms with van der Waals surface area (Å²) in [5.74, 6) is 0.710. The largest absolute Gasteiger partial charge is 0.490 e. The molecule has 1 aliphatic heterocycles. The lowest BCUT2D eigenvalue weighted by Crippen LogP contribution is -2.33. The van der Waals surface area contributed by atoms with Crippen molar-refractivity contribution in [2.75, 3.05) is 18.9 Å². The van der Waals surface area contributed by atoms with Crippen molar-refractivity contribution in [3.05, 3.63) is 27.0 Å². The van der Waals surface area contributed by atoms with E-state index in [1.165, 1.54) is 17.0 Å². The fraction of sp³-hybridized carbons (Fsp3) is 0.692. The zero-order valence-corrected chi connectivity index (χ0v) is 22.0. The molecule has 22 heteroatoms. The Morgan fingerprint density at radius 1 is 1.14 bits per heavy atom. The molecule has 202 valence electrons. The number of phosphoric acid groups is 3. The monoisotopic (exact) mass is 603 g/mol. The summed E-state index contributed by atoms with van der Waals surface area (Å²) in [5, 5.41) is 10.2. The van der Waals surface area contributed by atoms with Crippen LogP contribution in [0.5, 0.6) is 0 Å². The van der Waals surface area contributed by atoms with Crippen molar-refractivity contribution < 1.29 is 56.3 Å². The second-order valence-corrected chi connectivity index (χ2v) is 13.8. The lowest BCUT2D eigenvalue weighted by Gasteiger charge is -2.19. The summed E-state index contributed by atoms with van der Waals surface area (Å²) in [6, 6.07) is 0. The Balaban J connectivity index is 2.01. The SMILES string of the molecule is NCCCCSSc1cn([C@H]2C[C@H](O)[C@@H](COP(=O)(O)OP(=O)(O)OP(=O)(O)O)O2)c(=O)[nH]c1=O. The average molecular weight is 603 g/mol. The first kappa shape index (κ1) is 30.9. The third-order valence-electron chi connectivity index (χ3n) is 4.10. The van der Waals surface area contributed by atoms with E-state index in [0.29, 0.717) is 12.3 Å². The summed E-state index contributed by atoms with van der Waals surface area (Å²) in [6.07, 6.45) is -1.07. The van der Waals surface area contributed by atoms with Gasteiger partial charge in [-0.1, -0.05) is 21.6 Å². The smallest absolute Gasteiger partial charge is 0.390 e. The van der Waals surface area contributed by atoms with Crippen molar-refractivity contribution in [2.45, 2.75) is 42.6 Å². The predicted molar refractivity (Wildman–Crippen MR) is 122 cm³/mol. The number of aliphatic hydroxyl groups excluding tert-OH is 1. The van der Waals surface area contributed by atoms with Gasteiger partial charge in [-0.05, 0) is 19.4 Å². The van der Waals surface area contributed by atoms with Crippen LogP contribution >= 0.6 is 45.1 Å². The molecule has 0 aromatic carbocycles. The van der Waals surface area contributed by atoms with Crippen LogP contribution in [0.3, 0.4) is 0 Å². The predicted octanol–water partition coefficient (Wildman–Crippen LogP) is 0.00750. The summed E-state index contributed by atoms with van der Waals surface area (Å²) in [7, 11) is -14.2. The minimum atomic E-state index is -5.70. The third-order valence-corrected chi connectivity index (χ3v) is 10.3. The first-order valence-electron chi connectivity index (χ1n) is 9.59. The lowest BCUT2D eigenvalue weighted by molar-refractivity contribution is -0.0452. The number of aromatic nitrogens is 2. The number of H-pyrrole nitrogens is 1. The maximum absolute atomic E-state index is 12.2. The van der Waals surface area contributed by atoms with Crippen LogP contribution in [-0.4, -0.2) is 65.3 Å². The van der Waals surface area contributed by atoms with Gasteiger partial charge < -0.3 is 35.2 Å². The molecule has 5 atom stereocenters. The molecule has 0 spiro atoms. The van der Waals surface area contributed by atoms with E-state index >= 15 is 0 Å². The molecule has 1 aliphatic rings. The number of nitrogens with one attached hydrogen (secondary N) is 1. The van der Waals surface area contributed by atoms with E-state index in [1.54, 1.807) is 0 Å². The van der Waals surface area contributed by atoms with Gasteiger partial charge in [-0.2, -0.15) is 8.62 Å². The van der Waals surface area contributed by atoms with Crippen LogP contribution in [0.15, 0.2) is 20.7 Å². The minimum absolute atomic E-state index is 0.190. The molecule has 0 saturated carbocycles. The molecule has 8 N–H and O–H groups in total. The molecule has 2 unspecified atom stereocenters. The van der Waals surface area contributed by atoms with Gasteiger partial charge in [-0.3, -0.25) is 18.9 Å². The van der Waals surface area contributed by atoms with Gasteiger partial charge in [0.1, 0.15) is 12.3 Å². The van der Waals surface area contributed by atoms with E-state index in [2.05, 4.69) is 18.1 Å². The lowest BCUT2D eigenvalue weighted by atomic mass is 10.2. The van der Waals surface area contributed by atoms with E-state index in [4.69, 9.17) is 25.2 Å². The highest BCUT2D eigenvalue weighted by Gasteiger charge is 2.43. The highest BCUT2D eigenvalue weighted by Crippen LogP contribution is 2.66. The highest BCUT2D eigenvalue weighted by atomic mass is 33.1. The number of unbranched alkanes of at least 4 members (excludes halogenated alkanes) is 1. The maximum atomic E-state index is 12.2. The van der Waals surface area contributed by atoms with E-state index in [-0.39, 0.29) is 11.3 Å². The molecule has 2 heterocycles. The molecule has 2 rings (SSSR count). The quantitative estimate of drug-likeness (QED) is 0.0838. The zero-order chi connectivity index (χ0) is 26.4. The van der Waals surface area contributed by atoms with Crippen LogP contribution in [0.4, 0.5) is 0 Å². The highest BCUT2D eigenvalue weighted by molar-refractivity contribution is 8.76. The van der Waals surface area contributed by atoms with Crippen LogP contribution in [0, 0.1) is 0 Å². The van der Waals surface area contributed by atoms with Gasteiger partial charge in [-0.25, -0.2) is 18.5 Å². The van der Waals surface area contributed by atoms with Crippen molar-refractivity contribution >= 4 is 45.1 Å². The fourth-order valence-corrected chi connectivity index (χ4v) is 7.84. The van der Waals surface area contributed by atoms with E-state index in [0.717, 1.165) is 28.2 Å². The van der Waals surface area contributed by atoms with Gasteiger partial charge in [0.2, 0.25) is 0 Å². The van der Waals surface area contributed by atoms with Crippen molar-refractivity contribution in [1.29, 1.82) is 0 Å². The number of nitrogens with two attached hydrogens (primary N) is 1. The summed E-state index contributed by atoms with van der Waals surface area (Å²) in [4.78, 5) is 62.3. The van der Waals surface area contributed by atoms with Crippen LogP contribution in [0.25, 0.3) is 0 Å². The first-order chi connectivity index (χ1) is 16.1. The minimum Gasteiger partial charge on any atom is -0.390 e. The van der Waals surface area contributed by atoms with Gasteiger partial charge in [0.25, 0.3) is 5.56 Å². The average Bonchev–Trinajstić information content (AvgIpc) is 3.05. The number of rotatable bonds is 14. The number of hydrogen-bond acceptors (Lipinski definition) is 13. The van der Waals surface area contributed by atoms with Crippen molar-refractivity contribution in [3.63, 3.8) is 0 Å². The van der Waals surface area contributed by atoms with Gasteiger partial charge >= 0.3 is 29.2 Å². The number of hydrogen-bond donors (Lipinski definition) is 7. The normalized spacial score (nSPS) is 24.2. The zero-order valence-electron chi connectivity index (χ0n) is 17.6. The van der Waals surface area contributed by atoms with Crippen molar-refractivity contribution in [3.8, 4) is 0 Å². The van der Waals surface area contributed by atoms with Crippen LogP contribution in [0.2, 0.25) is 0 Å². The molecule has 1 aromatic heterocycles. The van der Waals surface area contributed by atoms with Gasteiger partial charge in [0.05, 0.1) is 17.6 Å². The molecule has 17 nitrogen and oxygen atoms in total. The Morgan fingerprint density at radius 2 is 1.83 bits per heavy atom. The molecule has 0 aliphatic carbocycles. The molecular weight excluding hydrogens is 579 g/mol.